The number of ether oxygens (including phenoxy) is 1. The second-order valence-electron chi connectivity index (χ2n) is 10.2. The van der Waals surface area contributed by atoms with Crippen molar-refractivity contribution in [2.45, 2.75) is 91.7 Å². The van der Waals surface area contributed by atoms with E-state index in [-0.39, 0.29) is 0 Å². The van der Waals surface area contributed by atoms with Crippen molar-refractivity contribution < 1.29 is 4.74 Å². The van der Waals surface area contributed by atoms with Crippen LogP contribution in [0.5, 0.6) is 0 Å². The number of nitrogens with zero attached hydrogens (tertiary/aromatic N) is 2. The first-order valence-electron chi connectivity index (χ1n) is 14.5. The van der Waals surface area contributed by atoms with Crippen molar-refractivity contribution in [1.29, 1.82) is 0 Å². The Labute approximate surface area is 237 Å². The normalized spacial score (nSPS) is 20.1. The lowest BCUT2D eigenvalue weighted by molar-refractivity contribution is 0.0664. The molecule has 1 atom stereocenters. The fourth-order valence-corrected chi connectivity index (χ4v) is 4.75. The number of nitrogens with two attached hydrogens (primary N) is 1. The molecule has 1 aliphatic heterocycles. The van der Waals surface area contributed by atoms with Gasteiger partial charge in [-0.25, -0.2) is 0 Å². The van der Waals surface area contributed by atoms with Crippen molar-refractivity contribution in [3.63, 3.8) is 0 Å². The number of hydrogen-bond donors (Lipinski definition) is 2. The predicted octanol–water partition coefficient (Wildman–Crippen LogP) is 8.10. The van der Waals surface area contributed by atoms with Gasteiger partial charge in [0.25, 0.3) is 0 Å². The van der Waals surface area contributed by atoms with Crippen LogP contribution in [0.25, 0.3) is 16.6 Å². The average Bonchev–Trinajstić information content (AvgIpc) is 2.97. The van der Waals surface area contributed by atoms with Gasteiger partial charge in [0.1, 0.15) is 0 Å². The molecule has 2 aromatic rings. The largest absolute Gasteiger partial charge is 0.381 e. The number of methoxy groups -OCH3 is 1. The highest BCUT2D eigenvalue weighted by molar-refractivity contribution is 5.90. The van der Waals surface area contributed by atoms with E-state index in [0.717, 1.165) is 48.9 Å². The molecule has 1 fully saturated rings. The van der Waals surface area contributed by atoms with E-state index in [1.165, 1.54) is 27.7 Å². The topological polar surface area (TPSA) is 72.5 Å². The molecule has 1 aromatic heterocycles. The Hall–Kier alpha value is -3.02. The molecule has 3 N–H and O–H groups in total. The monoisotopic (exact) mass is 530 g/mol. The summed E-state index contributed by atoms with van der Waals surface area (Å²) in [4.78, 5) is 9.00. The van der Waals surface area contributed by atoms with Crippen LogP contribution < -0.4 is 11.1 Å². The van der Waals surface area contributed by atoms with Gasteiger partial charge in [-0.05, 0) is 86.8 Å². The summed E-state index contributed by atoms with van der Waals surface area (Å²) >= 11 is 0. The van der Waals surface area contributed by atoms with E-state index in [1.807, 2.05) is 39.1 Å². The molecule has 212 valence electrons. The number of pyridine rings is 1. The average molecular weight is 531 g/mol. The summed E-state index contributed by atoms with van der Waals surface area (Å²) in [5.41, 5.74) is 13.8. The Morgan fingerprint density at radius 2 is 1.90 bits per heavy atom. The van der Waals surface area contributed by atoms with Crippen molar-refractivity contribution in [2.75, 3.05) is 13.7 Å². The molecule has 0 saturated heterocycles. The fraction of sp³-hybridized carbons (Fsp3) is 0.471. The van der Waals surface area contributed by atoms with Gasteiger partial charge in [-0.2, -0.15) is 0 Å². The summed E-state index contributed by atoms with van der Waals surface area (Å²) in [7, 11) is 1.78. The molecular formula is C34H50N4O. The summed E-state index contributed by atoms with van der Waals surface area (Å²) in [5, 5.41) is 4.61. The quantitative estimate of drug-likeness (QED) is 0.355. The van der Waals surface area contributed by atoms with E-state index in [2.05, 4.69) is 73.0 Å². The number of fused-ring (bicyclic) bond motifs is 1. The van der Waals surface area contributed by atoms with E-state index in [1.54, 1.807) is 13.4 Å². The third-order valence-corrected chi connectivity index (χ3v) is 7.31. The molecule has 5 heteroatoms. The minimum absolute atomic E-state index is 0.441. The maximum absolute atomic E-state index is 5.70. The minimum Gasteiger partial charge on any atom is -0.381 e. The molecular weight excluding hydrogens is 480 g/mol. The van der Waals surface area contributed by atoms with Crippen LogP contribution in [0.1, 0.15) is 90.7 Å². The van der Waals surface area contributed by atoms with Crippen LogP contribution in [0, 0.1) is 0 Å². The van der Waals surface area contributed by atoms with Crippen LogP contribution in [0.2, 0.25) is 0 Å². The van der Waals surface area contributed by atoms with Gasteiger partial charge in [0.15, 0.2) is 0 Å². The van der Waals surface area contributed by atoms with E-state index >= 15 is 0 Å². The molecule has 39 heavy (non-hydrogen) atoms. The van der Waals surface area contributed by atoms with Gasteiger partial charge in [0.2, 0.25) is 0 Å². The van der Waals surface area contributed by atoms with E-state index < -0.39 is 0 Å². The molecule has 2 heterocycles. The first-order valence-corrected chi connectivity index (χ1v) is 14.5. The van der Waals surface area contributed by atoms with Crippen LogP contribution in [0.4, 0.5) is 0 Å². The third kappa shape index (κ3) is 9.59. The molecule has 1 saturated carbocycles. The molecule has 0 radical (unpaired) electrons. The molecule has 2 aliphatic rings. The van der Waals surface area contributed by atoms with E-state index in [4.69, 9.17) is 10.5 Å². The number of hydrogen-bond acceptors (Lipinski definition) is 5. The minimum atomic E-state index is 0.441. The third-order valence-electron chi connectivity index (χ3n) is 7.31. The van der Waals surface area contributed by atoms with Crippen molar-refractivity contribution >= 4 is 22.9 Å². The number of benzene rings is 1. The summed E-state index contributed by atoms with van der Waals surface area (Å²) in [6.07, 6.45) is 16.1. The first kappa shape index (κ1) is 32.2. The maximum atomic E-state index is 5.70. The van der Waals surface area contributed by atoms with Crippen LogP contribution in [-0.2, 0) is 4.74 Å². The zero-order chi connectivity index (χ0) is 28.8. The summed E-state index contributed by atoms with van der Waals surface area (Å²) in [6, 6.07) is 9.13. The Bertz CT molecular complexity index is 1180. The summed E-state index contributed by atoms with van der Waals surface area (Å²) in [5.74, 6) is 0.504. The molecule has 0 amide bonds. The number of allylic oxidation sites excluding steroid dienone is 4. The molecule has 1 unspecified atom stereocenters. The highest BCUT2D eigenvalue weighted by Gasteiger charge is 2.17. The van der Waals surface area contributed by atoms with Crippen molar-refractivity contribution in [3.8, 4) is 0 Å². The zero-order valence-corrected chi connectivity index (χ0v) is 25.3. The van der Waals surface area contributed by atoms with Gasteiger partial charge in [-0.3, -0.25) is 9.98 Å². The van der Waals surface area contributed by atoms with Crippen LogP contribution in [-0.4, -0.2) is 37.1 Å². The second kappa shape index (κ2) is 16.8. The number of rotatable bonds is 7. The molecule has 1 aliphatic carbocycles. The Morgan fingerprint density at radius 3 is 2.54 bits per heavy atom. The van der Waals surface area contributed by atoms with Crippen LogP contribution in [0.3, 0.4) is 0 Å². The smallest absolute Gasteiger partial charge is 0.0872 e. The lowest BCUT2D eigenvalue weighted by Gasteiger charge is -2.24. The Balaban J connectivity index is 0.000000407. The molecule has 0 spiro atoms. The summed E-state index contributed by atoms with van der Waals surface area (Å²) < 4.78 is 5.18. The number of nitrogens with one attached hydrogen (secondary N) is 1. The van der Waals surface area contributed by atoms with Gasteiger partial charge in [0.05, 0.1) is 30.2 Å². The standard InChI is InChI=1S/C25H29N3.C7H15NO.C2H6/c1-6-18(4)21-12-13-27-24-11-10-20(14-22(21)24)25-23(15-26-16-28-25)19(5)9-7-8-17(2)3;1-9-7-4-2-6(8)3-5-7;1-2/h7-14,16,18H,2,6,15H2,1,3-5H3,(H,26,28);6-7H,2-5,8H2,1H3;1-2H3/b8-7-,19-9+;;. The number of aliphatic imine (C=N–C) groups is 1. The first-order chi connectivity index (χ1) is 18.8. The fourth-order valence-electron chi connectivity index (χ4n) is 4.75. The molecule has 0 bridgehead atoms. The SMILES string of the molecule is C=C(C)/C=C\C=C(/C)C1=C(c2ccc3nccc(C(C)CC)c3c2)NC=NC1.CC.COC1CCC(N)CC1. The predicted molar refractivity (Wildman–Crippen MR) is 170 cm³/mol. The lowest BCUT2D eigenvalue weighted by Crippen LogP contribution is -2.29. The van der Waals surface area contributed by atoms with Gasteiger partial charge in [0, 0.05) is 30.3 Å². The van der Waals surface area contributed by atoms with Crippen molar-refractivity contribution in [3.05, 3.63) is 83.1 Å². The van der Waals surface area contributed by atoms with Crippen LogP contribution >= 0.6 is 0 Å². The van der Waals surface area contributed by atoms with E-state index in [9.17, 15) is 0 Å². The lowest BCUT2D eigenvalue weighted by atomic mass is 9.92. The summed E-state index contributed by atoms with van der Waals surface area (Å²) in [6.45, 7) is 17.2. The highest BCUT2D eigenvalue weighted by Crippen LogP contribution is 2.30. The van der Waals surface area contributed by atoms with E-state index in [0.29, 0.717) is 24.6 Å². The van der Waals surface area contributed by atoms with Gasteiger partial charge in [-0.1, -0.05) is 64.1 Å². The van der Waals surface area contributed by atoms with Crippen molar-refractivity contribution in [1.82, 2.24) is 10.3 Å². The molecule has 1 aromatic carbocycles. The zero-order valence-electron chi connectivity index (χ0n) is 25.3. The number of aromatic nitrogens is 1. The van der Waals surface area contributed by atoms with Gasteiger partial charge >= 0.3 is 0 Å². The van der Waals surface area contributed by atoms with Gasteiger partial charge < -0.3 is 15.8 Å². The Morgan fingerprint density at radius 1 is 1.18 bits per heavy atom. The molecule has 4 rings (SSSR count). The highest BCUT2D eigenvalue weighted by atomic mass is 16.5. The maximum Gasteiger partial charge on any atom is 0.0872 e. The second-order valence-corrected chi connectivity index (χ2v) is 10.2. The van der Waals surface area contributed by atoms with Crippen LogP contribution in [0.15, 0.2) is 77.0 Å². The molecule has 5 nitrogen and oxygen atoms in total. The van der Waals surface area contributed by atoms with Crippen molar-refractivity contribution in [2.24, 2.45) is 10.7 Å². The van der Waals surface area contributed by atoms with Gasteiger partial charge in [-0.15, -0.1) is 0 Å². The Kier molecular flexibility index (Phi) is 13.9.